The molecule has 0 radical (unpaired) electrons. The van der Waals surface area contributed by atoms with Gasteiger partial charge in [-0.15, -0.1) is 0 Å². The lowest BCUT2D eigenvalue weighted by molar-refractivity contribution is 0.396. The van der Waals surface area contributed by atoms with Crippen LogP contribution >= 0.6 is 0 Å². The van der Waals surface area contributed by atoms with Crippen LogP contribution in [0.2, 0.25) is 0 Å². The lowest BCUT2D eigenvalue weighted by atomic mass is 9.87. The van der Waals surface area contributed by atoms with Crippen molar-refractivity contribution < 1.29 is 9.47 Å². The number of hydrogen-bond acceptors (Lipinski definition) is 2. The quantitative estimate of drug-likeness (QED) is 0.229. The fourth-order valence-corrected chi connectivity index (χ4v) is 5.90. The first-order valence-corrected chi connectivity index (χ1v) is 12.8. The van der Waals surface area contributed by atoms with E-state index < -0.39 is 0 Å². The van der Waals surface area contributed by atoms with E-state index in [4.69, 9.17) is 9.47 Å². The SMILES string of the molecule is COc1cc(OC)c(-c2c3ccccc3cc3ccccc23)cc1-c1c2ccccc2cc2ccccc12. The van der Waals surface area contributed by atoms with Crippen LogP contribution in [0.15, 0.2) is 121 Å². The lowest BCUT2D eigenvalue weighted by Gasteiger charge is -2.20. The first-order chi connectivity index (χ1) is 18.8. The van der Waals surface area contributed by atoms with Crippen molar-refractivity contribution in [1.82, 2.24) is 0 Å². The van der Waals surface area contributed by atoms with Crippen molar-refractivity contribution in [3.8, 4) is 33.8 Å². The summed E-state index contributed by atoms with van der Waals surface area (Å²) in [5, 5.41) is 9.61. The molecule has 7 aromatic rings. The summed E-state index contributed by atoms with van der Waals surface area (Å²) >= 11 is 0. The first-order valence-electron chi connectivity index (χ1n) is 12.8. The highest BCUT2D eigenvalue weighted by molar-refractivity contribution is 6.16. The second-order valence-corrected chi connectivity index (χ2v) is 9.64. The monoisotopic (exact) mass is 490 g/mol. The first kappa shape index (κ1) is 22.4. The van der Waals surface area contributed by atoms with Crippen LogP contribution < -0.4 is 9.47 Å². The highest BCUT2D eigenvalue weighted by Gasteiger charge is 2.21. The van der Waals surface area contributed by atoms with Gasteiger partial charge in [0, 0.05) is 28.3 Å². The maximum Gasteiger partial charge on any atom is 0.130 e. The highest BCUT2D eigenvalue weighted by atomic mass is 16.5. The third kappa shape index (κ3) is 3.42. The molecular formula is C36H26O2. The van der Waals surface area contributed by atoms with Gasteiger partial charge in [-0.25, -0.2) is 0 Å². The van der Waals surface area contributed by atoms with Crippen molar-refractivity contribution in [2.45, 2.75) is 0 Å². The summed E-state index contributed by atoms with van der Waals surface area (Å²) in [6, 6.07) is 43.2. The molecule has 0 fully saturated rings. The normalized spacial score (nSPS) is 11.4. The van der Waals surface area contributed by atoms with E-state index in [1.54, 1.807) is 14.2 Å². The summed E-state index contributed by atoms with van der Waals surface area (Å²) in [5.41, 5.74) is 4.44. The molecule has 0 aliphatic rings. The Morgan fingerprint density at radius 3 is 1.00 bits per heavy atom. The number of ether oxygens (including phenoxy) is 2. The van der Waals surface area contributed by atoms with Gasteiger partial charge in [0.05, 0.1) is 14.2 Å². The minimum absolute atomic E-state index is 0.789. The molecule has 0 aliphatic heterocycles. The maximum absolute atomic E-state index is 6.03. The summed E-state index contributed by atoms with van der Waals surface area (Å²) in [7, 11) is 3.47. The van der Waals surface area contributed by atoms with Crippen LogP contribution in [-0.4, -0.2) is 14.2 Å². The maximum atomic E-state index is 6.03. The third-order valence-electron chi connectivity index (χ3n) is 7.60. The second kappa shape index (κ2) is 8.93. The molecule has 0 unspecified atom stereocenters. The molecule has 0 amide bonds. The molecule has 0 atom stereocenters. The zero-order valence-electron chi connectivity index (χ0n) is 21.4. The zero-order chi connectivity index (χ0) is 25.6. The van der Waals surface area contributed by atoms with Crippen LogP contribution in [0, 0.1) is 0 Å². The van der Waals surface area contributed by atoms with Gasteiger partial charge in [0.15, 0.2) is 0 Å². The van der Waals surface area contributed by atoms with E-state index in [9.17, 15) is 0 Å². The minimum Gasteiger partial charge on any atom is -0.496 e. The molecular weight excluding hydrogens is 464 g/mol. The largest absolute Gasteiger partial charge is 0.496 e. The van der Waals surface area contributed by atoms with E-state index in [2.05, 4.69) is 115 Å². The predicted molar refractivity (Wildman–Crippen MR) is 160 cm³/mol. The van der Waals surface area contributed by atoms with Gasteiger partial charge in [0.25, 0.3) is 0 Å². The molecule has 0 saturated carbocycles. The molecule has 7 aromatic carbocycles. The Labute approximate surface area is 221 Å². The van der Waals surface area contributed by atoms with Crippen molar-refractivity contribution >= 4 is 43.1 Å². The Morgan fingerprint density at radius 2 is 0.684 bits per heavy atom. The summed E-state index contributed by atoms with van der Waals surface area (Å²) in [6.45, 7) is 0. The molecule has 7 rings (SSSR count). The predicted octanol–water partition coefficient (Wildman–Crippen LogP) is 9.65. The van der Waals surface area contributed by atoms with Gasteiger partial charge in [-0.05, 0) is 61.3 Å². The molecule has 0 aromatic heterocycles. The Bertz CT molecular complexity index is 1750. The fraction of sp³-hybridized carbons (Fsp3) is 0.0556. The number of methoxy groups -OCH3 is 2. The Hall–Kier alpha value is -4.82. The number of benzene rings is 7. The average molecular weight is 491 g/mol. The van der Waals surface area contributed by atoms with E-state index in [0.717, 1.165) is 22.6 Å². The van der Waals surface area contributed by atoms with E-state index in [1.165, 1.54) is 54.2 Å². The van der Waals surface area contributed by atoms with Gasteiger partial charge in [-0.3, -0.25) is 0 Å². The molecule has 0 bridgehead atoms. The van der Waals surface area contributed by atoms with Crippen LogP contribution in [-0.2, 0) is 0 Å². The summed E-state index contributed by atoms with van der Waals surface area (Å²) in [5.74, 6) is 1.58. The molecule has 0 heterocycles. The van der Waals surface area contributed by atoms with Gasteiger partial charge in [-0.2, -0.15) is 0 Å². The van der Waals surface area contributed by atoms with Crippen LogP contribution in [0.5, 0.6) is 11.5 Å². The van der Waals surface area contributed by atoms with Crippen LogP contribution in [0.3, 0.4) is 0 Å². The van der Waals surface area contributed by atoms with Crippen molar-refractivity contribution in [1.29, 1.82) is 0 Å². The Kier molecular flexibility index (Phi) is 5.26. The van der Waals surface area contributed by atoms with Crippen LogP contribution in [0.4, 0.5) is 0 Å². The highest BCUT2D eigenvalue weighted by Crippen LogP contribution is 2.48. The molecule has 0 saturated heterocycles. The van der Waals surface area contributed by atoms with Crippen molar-refractivity contribution in [2.75, 3.05) is 14.2 Å². The molecule has 0 aliphatic carbocycles. The standard InChI is InChI=1S/C36H26O2/c1-37-33-22-34(38-2)32(36-29-17-9-5-13-25(29)20-26-14-6-10-18-30(26)36)21-31(33)35-27-15-7-3-11-23(27)19-24-12-4-8-16-28(24)35/h3-22H,1-2H3. The average Bonchev–Trinajstić information content (AvgIpc) is 2.98. The Balaban J connectivity index is 1.66. The smallest absolute Gasteiger partial charge is 0.130 e. The van der Waals surface area contributed by atoms with Crippen molar-refractivity contribution in [3.63, 3.8) is 0 Å². The van der Waals surface area contributed by atoms with Crippen LogP contribution in [0.25, 0.3) is 65.3 Å². The van der Waals surface area contributed by atoms with Crippen LogP contribution in [0.1, 0.15) is 0 Å². The summed E-state index contributed by atoms with van der Waals surface area (Å²) in [4.78, 5) is 0. The topological polar surface area (TPSA) is 18.5 Å². The molecule has 38 heavy (non-hydrogen) atoms. The van der Waals surface area contributed by atoms with E-state index in [1.807, 2.05) is 6.07 Å². The van der Waals surface area contributed by atoms with Gasteiger partial charge in [0.1, 0.15) is 11.5 Å². The van der Waals surface area contributed by atoms with Gasteiger partial charge >= 0.3 is 0 Å². The molecule has 2 nitrogen and oxygen atoms in total. The molecule has 182 valence electrons. The second-order valence-electron chi connectivity index (χ2n) is 9.64. The van der Waals surface area contributed by atoms with Gasteiger partial charge in [-0.1, -0.05) is 97.1 Å². The molecule has 0 spiro atoms. The van der Waals surface area contributed by atoms with Crippen molar-refractivity contribution in [3.05, 3.63) is 121 Å². The van der Waals surface area contributed by atoms with Gasteiger partial charge < -0.3 is 9.47 Å². The summed E-state index contributed by atoms with van der Waals surface area (Å²) in [6.07, 6.45) is 0. The fourth-order valence-electron chi connectivity index (χ4n) is 5.90. The van der Waals surface area contributed by atoms with E-state index >= 15 is 0 Å². The number of rotatable bonds is 4. The zero-order valence-corrected chi connectivity index (χ0v) is 21.4. The van der Waals surface area contributed by atoms with E-state index in [0.29, 0.717) is 0 Å². The molecule has 2 heteroatoms. The summed E-state index contributed by atoms with van der Waals surface area (Å²) < 4.78 is 12.1. The minimum atomic E-state index is 0.789. The Morgan fingerprint density at radius 1 is 0.368 bits per heavy atom. The number of hydrogen-bond donors (Lipinski definition) is 0. The van der Waals surface area contributed by atoms with Crippen molar-refractivity contribution in [2.24, 2.45) is 0 Å². The molecule has 0 N–H and O–H groups in total. The third-order valence-corrected chi connectivity index (χ3v) is 7.60. The van der Waals surface area contributed by atoms with Gasteiger partial charge in [0.2, 0.25) is 0 Å². The number of fused-ring (bicyclic) bond motifs is 4. The lowest BCUT2D eigenvalue weighted by Crippen LogP contribution is -1.96. The van der Waals surface area contributed by atoms with E-state index in [-0.39, 0.29) is 0 Å².